The van der Waals surface area contributed by atoms with Crippen molar-refractivity contribution in [1.82, 2.24) is 4.90 Å². The summed E-state index contributed by atoms with van der Waals surface area (Å²) in [6, 6.07) is 5.58. The molecule has 0 radical (unpaired) electrons. The summed E-state index contributed by atoms with van der Waals surface area (Å²) in [5, 5.41) is 0. The lowest BCUT2D eigenvalue weighted by Gasteiger charge is -2.23. The van der Waals surface area contributed by atoms with Crippen molar-refractivity contribution in [2.45, 2.75) is 25.7 Å². The van der Waals surface area contributed by atoms with E-state index >= 15 is 0 Å². The van der Waals surface area contributed by atoms with Crippen LogP contribution in [0.2, 0.25) is 0 Å². The van der Waals surface area contributed by atoms with Gasteiger partial charge in [0.15, 0.2) is 0 Å². The van der Waals surface area contributed by atoms with E-state index in [-0.39, 0.29) is 5.91 Å². The molecular formula is C16H20BrNO2. The summed E-state index contributed by atoms with van der Waals surface area (Å²) in [4.78, 5) is 14.7. The summed E-state index contributed by atoms with van der Waals surface area (Å²) in [6.07, 6.45) is 5.11. The van der Waals surface area contributed by atoms with Crippen LogP contribution in [0.15, 0.2) is 22.7 Å². The molecule has 0 unspecified atom stereocenters. The molecular weight excluding hydrogens is 318 g/mol. The number of nitrogens with zero attached hydrogens (tertiary/aromatic N) is 1. The third-order valence-electron chi connectivity index (χ3n) is 4.04. The molecule has 2 saturated carbocycles. The molecule has 20 heavy (non-hydrogen) atoms. The minimum atomic E-state index is 0.159. The highest BCUT2D eigenvalue weighted by Crippen LogP contribution is 2.34. The maximum absolute atomic E-state index is 12.7. The van der Waals surface area contributed by atoms with Crippen molar-refractivity contribution in [2.75, 3.05) is 20.2 Å². The third kappa shape index (κ3) is 3.35. The van der Waals surface area contributed by atoms with Crippen molar-refractivity contribution in [3.8, 4) is 5.75 Å². The summed E-state index contributed by atoms with van der Waals surface area (Å²) in [6.45, 7) is 1.86. The number of carbonyl (C=O) groups excluding carboxylic acids is 1. The highest BCUT2D eigenvalue weighted by molar-refractivity contribution is 9.10. The molecule has 1 aromatic carbocycles. The Balaban J connectivity index is 1.74. The highest BCUT2D eigenvalue weighted by Gasteiger charge is 2.31. The van der Waals surface area contributed by atoms with Gasteiger partial charge in [0, 0.05) is 18.7 Å². The maximum atomic E-state index is 12.7. The van der Waals surface area contributed by atoms with Gasteiger partial charge in [-0.25, -0.2) is 0 Å². The molecule has 0 spiro atoms. The van der Waals surface area contributed by atoms with Crippen LogP contribution < -0.4 is 4.74 Å². The second-order valence-corrected chi connectivity index (χ2v) is 6.80. The molecule has 2 aliphatic carbocycles. The minimum absolute atomic E-state index is 0.159. The van der Waals surface area contributed by atoms with Gasteiger partial charge < -0.3 is 9.64 Å². The summed E-state index contributed by atoms with van der Waals surface area (Å²) >= 11 is 3.46. The zero-order valence-corrected chi connectivity index (χ0v) is 13.4. The lowest BCUT2D eigenvalue weighted by Crippen LogP contribution is -2.34. The van der Waals surface area contributed by atoms with Gasteiger partial charge in [-0.05, 0) is 71.6 Å². The molecule has 0 N–H and O–H groups in total. The molecule has 3 nitrogen and oxygen atoms in total. The lowest BCUT2D eigenvalue weighted by atomic mass is 10.1. The molecule has 0 aliphatic heterocycles. The summed E-state index contributed by atoms with van der Waals surface area (Å²) in [7, 11) is 1.63. The van der Waals surface area contributed by atoms with E-state index in [9.17, 15) is 4.79 Å². The Labute approximate surface area is 128 Å². The highest BCUT2D eigenvalue weighted by atomic mass is 79.9. The van der Waals surface area contributed by atoms with Gasteiger partial charge in [0.1, 0.15) is 5.75 Å². The molecule has 3 rings (SSSR count). The van der Waals surface area contributed by atoms with Crippen LogP contribution in [0.4, 0.5) is 0 Å². The number of rotatable bonds is 6. The zero-order chi connectivity index (χ0) is 14.1. The molecule has 0 saturated heterocycles. The molecule has 2 aliphatic rings. The van der Waals surface area contributed by atoms with E-state index in [1.54, 1.807) is 7.11 Å². The Bertz CT molecular complexity index is 495. The third-order valence-corrected chi connectivity index (χ3v) is 4.66. The molecule has 0 heterocycles. The van der Waals surface area contributed by atoms with Gasteiger partial charge in [-0.3, -0.25) is 4.79 Å². The van der Waals surface area contributed by atoms with E-state index in [1.165, 1.54) is 25.7 Å². The lowest BCUT2D eigenvalue weighted by molar-refractivity contribution is 0.0739. The first kappa shape index (κ1) is 13.9. The number of hydrogen-bond donors (Lipinski definition) is 0. The van der Waals surface area contributed by atoms with Gasteiger partial charge in [0.25, 0.3) is 5.91 Å². The second kappa shape index (κ2) is 5.76. The molecule has 0 aromatic heterocycles. The van der Waals surface area contributed by atoms with E-state index < -0.39 is 0 Å². The number of carbonyl (C=O) groups is 1. The Kier molecular flexibility index (Phi) is 4.01. The second-order valence-electron chi connectivity index (χ2n) is 5.95. The van der Waals surface area contributed by atoms with Crippen molar-refractivity contribution in [2.24, 2.45) is 11.8 Å². The quantitative estimate of drug-likeness (QED) is 0.791. The van der Waals surface area contributed by atoms with Crippen molar-refractivity contribution < 1.29 is 9.53 Å². The zero-order valence-electron chi connectivity index (χ0n) is 11.8. The topological polar surface area (TPSA) is 29.5 Å². The molecule has 0 atom stereocenters. The van der Waals surface area contributed by atoms with Crippen LogP contribution in [0.3, 0.4) is 0 Å². The molecule has 1 amide bonds. The van der Waals surface area contributed by atoms with Crippen molar-refractivity contribution >= 4 is 21.8 Å². The van der Waals surface area contributed by atoms with Crippen LogP contribution in [-0.2, 0) is 0 Å². The van der Waals surface area contributed by atoms with Gasteiger partial charge in [-0.15, -0.1) is 0 Å². The fourth-order valence-corrected chi connectivity index (χ4v) is 2.99. The molecule has 2 fully saturated rings. The maximum Gasteiger partial charge on any atom is 0.253 e. The van der Waals surface area contributed by atoms with Gasteiger partial charge in [0.05, 0.1) is 11.6 Å². The fraction of sp³-hybridized carbons (Fsp3) is 0.562. The summed E-state index contributed by atoms with van der Waals surface area (Å²) in [5.41, 5.74) is 0.749. The number of hydrogen-bond acceptors (Lipinski definition) is 2. The van der Waals surface area contributed by atoms with Gasteiger partial charge in [0.2, 0.25) is 0 Å². The Hall–Kier alpha value is -1.03. The van der Waals surface area contributed by atoms with Crippen molar-refractivity contribution in [3.05, 3.63) is 28.2 Å². The summed E-state index contributed by atoms with van der Waals surface area (Å²) < 4.78 is 6.05. The standard InChI is InChI=1S/C16H20BrNO2/c1-20-15-7-6-13(8-14(15)17)16(19)18(9-11-2-3-11)10-12-4-5-12/h6-8,11-12H,2-5,9-10H2,1H3. The van der Waals surface area contributed by atoms with E-state index in [1.807, 2.05) is 18.2 Å². The minimum Gasteiger partial charge on any atom is -0.496 e. The van der Waals surface area contributed by atoms with Crippen molar-refractivity contribution in [1.29, 1.82) is 0 Å². The smallest absolute Gasteiger partial charge is 0.253 e. The summed E-state index contributed by atoms with van der Waals surface area (Å²) in [5.74, 6) is 2.39. The predicted molar refractivity (Wildman–Crippen MR) is 82.0 cm³/mol. The SMILES string of the molecule is COc1ccc(C(=O)N(CC2CC2)CC2CC2)cc1Br. The Morgan fingerprint density at radius 1 is 1.25 bits per heavy atom. The largest absolute Gasteiger partial charge is 0.496 e. The molecule has 0 bridgehead atoms. The molecule has 1 aromatic rings. The average molecular weight is 338 g/mol. The number of benzene rings is 1. The van der Waals surface area contributed by atoms with Crippen LogP contribution in [0.1, 0.15) is 36.0 Å². The average Bonchev–Trinajstić information content (AvgIpc) is 3.32. The van der Waals surface area contributed by atoms with Crippen molar-refractivity contribution in [3.63, 3.8) is 0 Å². The fourth-order valence-electron chi connectivity index (χ4n) is 2.45. The predicted octanol–water partition coefficient (Wildman–Crippen LogP) is 3.72. The Morgan fingerprint density at radius 2 is 1.85 bits per heavy atom. The first-order chi connectivity index (χ1) is 9.67. The van der Waals surface area contributed by atoms with Gasteiger partial charge >= 0.3 is 0 Å². The number of methoxy groups -OCH3 is 1. The van der Waals surface area contributed by atoms with E-state index in [2.05, 4.69) is 20.8 Å². The van der Waals surface area contributed by atoms with Gasteiger partial charge in [-0.1, -0.05) is 0 Å². The van der Waals surface area contributed by atoms with E-state index in [0.29, 0.717) is 0 Å². The van der Waals surface area contributed by atoms with E-state index in [4.69, 9.17) is 4.74 Å². The first-order valence-corrected chi connectivity index (χ1v) is 8.09. The van der Waals surface area contributed by atoms with Crippen LogP contribution >= 0.6 is 15.9 Å². The van der Waals surface area contributed by atoms with Crippen LogP contribution in [-0.4, -0.2) is 31.0 Å². The molecule has 108 valence electrons. The first-order valence-electron chi connectivity index (χ1n) is 7.30. The number of halogens is 1. The van der Waals surface area contributed by atoms with E-state index in [0.717, 1.165) is 40.7 Å². The normalized spacial score (nSPS) is 17.9. The number of amides is 1. The number of ether oxygens (including phenoxy) is 1. The Morgan fingerprint density at radius 3 is 2.30 bits per heavy atom. The van der Waals surface area contributed by atoms with Crippen LogP contribution in [0.5, 0.6) is 5.75 Å². The van der Waals surface area contributed by atoms with Gasteiger partial charge in [-0.2, -0.15) is 0 Å². The van der Waals surface area contributed by atoms with Crippen LogP contribution in [0.25, 0.3) is 0 Å². The monoisotopic (exact) mass is 337 g/mol. The van der Waals surface area contributed by atoms with Crippen LogP contribution in [0, 0.1) is 11.8 Å². The molecule has 4 heteroatoms.